The lowest BCUT2D eigenvalue weighted by molar-refractivity contribution is 0.406. The number of nitrogens with one attached hydrogen (secondary N) is 1. The van der Waals surface area contributed by atoms with Crippen LogP contribution in [0.4, 0.5) is 5.69 Å². The van der Waals surface area contributed by atoms with Gasteiger partial charge in [0.15, 0.2) is 0 Å². The average molecular weight is 284 g/mol. The Hall–Kier alpha value is -2.87. The monoisotopic (exact) mass is 284 g/mol. The van der Waals surface area contributed by atoms with E-state index in [-0.39, 0.29) is 5.75 Å². The normalized spacial score (nSPS) is 9.76. The first-order valence-corrected chi connectivity index (χ1v) is 6.36. The summed E-state index contributed by atoms with van der Waals surface area (Å²) < 4.78 is 10.3. The van der Waals surface area contributed by atoms with Crippen molar-refractivity contribution >= 4 is 5.69 Å². The van der Waals surface area contributed by atoms with Gasteiger partial charge in [0.1, 0.15) is 23.3 Å². The van der Waals surface area contributed by atoms with E-state index in [2.05, 4.69) is 11.4 Å². The van der Waals surface area contributed by atoms with Gasteiger partial charge >= 0.3 is 0 Å². The van der Waals surface area contributed by atoms with E-state index in [9.17, 15) is 5.11 Å². The predicted molar refractivity (Wildman–Crippen MR) is 79.7 cm³/mol. The maximum Gasteiger partial charge on any atom is 0.143 e. The molecule has 0 saturated carbocycles. The van der Waals surface area contributed by atoms with Crippen LogP contribution in [0.3, 0.4) is 0 Å². The highest BCUT2D eigenvalue weighted by Crippen LogP contribution is 2.30. The molecule has 0 atom stereocenters. The second-order valence-corrected chi connectivity index (χ2v) is 4.34. The molecule has 2 rings (SSSR count). The number of nitrogens with zero attached hydrogens (tertiary/aromatic N) is 1. The van der Waals surface area contributed by atoms with E-state index >= 15 is 0 Å². The van der Waals surface area contributed by atoms with Gasteiger partial charge in [0.25, 0.3) is 0 Å². The molecule has 0 saturated heterocycles. The van der Waals surface area contributed by atoms with Crippen LogP contribution in [0.2, 0.25) is 0 Å². The molecule has 0 aliphatic rings. The Bertz CT molecular complexity index is 678. The number of ether oxygens (including phenoxy) is 2. The Kier molecular flexibility index (Phi) is 4.52. The number of rotatable bonds is 5. The van der Waals surface area contributed by atoms with E-state index in [1.54, 1.807) is 50.6 Å². The molecule has 2 aromatic rings. The SMILES string of the molecule is COc1ccc(CNc2c(C#N)cccc2OC)c(O)c1. The minimum Gasteiger partial charge on any atom is -0.507 e. The molecular formula is C16H16N2O3. The van der Waals surface area contributed by atoms with Crippen molar-refractivity contribution < 1.29 is 14.6 Å². The highest BCUT2D eigenvalue weighted by atomic mass is 16.5. The summed E-state index contributed by atoms with van der Waals surface area (Å²) in [6.45, 7) is 0.366. The van der Waals surface area contributed by atoms with Crippen molar-refractivity contribution in [3.63, 3.8) is 0 Å². The number of methoxy groups -OCH3 is 2. The van der Waals surface area contributed by atoms with Crippen LogP contribution in [0.15, 0.2) is 36.4 Å². The van der Waals surface area contributed by atoms with Crippen LogP contribution in [0.5, 0.6) is 17.2 Å². The number of anilines is 1. The Morgan fingerprint density at radius 1 is 1.19 bits per heavy atom. The molecule has 0 aliphatic carbocycles. The third-order valence-electron chi connectivity index (χ3n) is 3.11. The highest BCUT2D eigenvalue weighted by molar-refractivity contribution is 5.66. The highest BCUT2D eigenvalue weighted by Gasteiger charge is 2.10. The quantitative estimate of drug-likeness (QED) is 0.883. The van der Waals surface area contributed by atoms with Gasteiger partial charge in [-0.1, -0.05) is 6.07 Å². The van der Waals surface area contributed by atoms with Crippen molar-refractivity contribution in [3.8, 4) is 23.3 Å². The molecule has 0 spiro atoms. The summed E-state index contributed by atoms with van der Waals surface area (Å²) in [6, 6.07) is 12.4. The molecule has 2 aromatic carbocycles. The van der Waals surface area contributed by atoms with E-state index in [0.29, 0.717) is 34.9 Å². The molecular weight excluding hydrogens is 268 g/mol. The third-order valence-corrected chi connectivity index (χ3v) is 3.11. The number of hydrogen-bond donors (Lipinski definition) is 2. The molecule has 0 aliphatic heterocycles. The number of benzene rings is 2. The number of phenolic OH excluding ortho intramolecular Hbond substituents is 1. The van der Waals surface area contributed by atoms with Gasteiger partial charge in [0.05, 0.1) is 25.5 Å². The zero-order valence-electron chi connectivity index (χ0n) is 11.9. The second-order valence-electron chi connectivity index (χ2n) is 4.34. The van der Waals surface area contributed by atoms with Gasteiger partial charge in [-0.3, -0.25) is 0 Å². The van der Waals surface area contributed by atoms with Gasteiger partial charge in [-0.25, -0.2) is 0 Å². The second kappa shape index (κ2) is 6.53. The largest absolute Gasteiger partial charge is 0.507 e. The minimum absolute atomic E-state index is 0.134. The molecule has 0 heterocycles. The summed E-state index contributed by atoms with van der Waals surface area (Å²) in [5.41, 5.74) is 1.80. The molecule has 21 heavy (non-hydrogen) atoms. The van der Waals surface area contributed by atoms with Crippen LogP contribution in [0, 0.1) is 11.3 Å². The summed E-state index contributed by atoms with van der Waals surface area (Å²) in [5.74, 6) is 1.31. The summed E-state index contributed by atoms with van der Waals surface area (Å²) in [7, 11) is 3.09. The number of hydrogen-bond acceptors (Lipinski definition) is 5. The first-order valence-electron chi connectivity index (χ1n) is 6.36. The lowest BCUT2D eigenvalue weighted by Crippen LogP contribution is -2.03. The lowest BCUT2D eigenvalue weighted by atomic mass is 10.1. The van der Waals surface area contributed by atoms with Crippen LogP contribution in [0.25, 0.3) is 0 Å². The lowest BCUT2D eigenvalue weighted by Gasteiger charge is -2.13. The molecule has 108 valence electrons. The molecule has 5 nitrogen and oxygen atoms in total. The van der Waals surface area contributed by atoms with Gasteiger partial charge in [-0.05, 0) is 24.3 Å². The van der Waals surface area contributed by atoms with Crippen molar-refractivity contribution in [1.29, 1.82) is 5.26 Å². The van der Waals surface area contributed by atoms with Gasteiger partial charge in [-0.2, -0.15) is 5.26 Å². The van der Waals surface area contributed by atoms with Crippen molar-refractivity contribution in [2.45, 2.75) is 6.54 Å². The summed E-state index contributed by atoms with van der Waals surface area (Å²) in [6.07, 6.45) is 0. The van der Waals surface area contributed by atoms with Crippen LogP contribution >= 0.6 is 0 Å². The van der Waals surface area contributed by atoms with E-state index in [1.807, 2.05) is 0 Å². The molecule has 0 amide bonds. The Balaban J connectivity index is 2.22. The van der Waals surface area contributed by atoms with Gasteiger partial charge in [0, 0.05) is 18.2 Å². The average Bonchev–Trinajstić information content (AvgIpc) is 2.53. The van der Waals surface area contributed by atoms with Crippen LogP contribution in [-0.2, 0) is 6.54 Å². The topological polar surface area (TPSA) is 74.5 Å². The van der Waals surface area contributed by atoms with Crippen molar-refractivity contribution in [1.82, 2.24) is 0 Å². The third kappa shape index (κ3) is 3.18. The fraction of sp³-hybridized carbons (Fsp3) is 0.188. The van der Waals surface area contributed by atoms with Gasteiger partial charge in [0.2, 0.25) is 0 Å². The minimum atomic E-state index is 0.134. The van der Waals surface area contributed by atoms with E-state index in [4.69, 9.17) is 14.7 Å². The molecule has 5 heteroatoms. The summed E-state index contributed by atoms with van der Waals surface area (Å²) >= 11 is 0. The standard InChI is InChI=1S/C16H16N2O3/c1-20-13-7-6-12(14(19)8-13)10-18-16-11(9-17)4-3-5-15(16)21-2/h3-8,18-19H,10H2,1-2H3. The molecule has 0 radical (unpaired) electrons. The molecule has 0 bridgehead atoms. The summed E-state index contributed by atoms with van der Waals surface area (Å²) in [5, 5.41) is 22.2. The zero-order chi connectivity index (χ0) is 15.2. The maximum atomic E-state index is 9.94. The first-order chi connectivity index (χ1) is 10.2. The number of aromatic hydroxyl groups is 1. The molecule has 2 N–H and O–H groups in total. The smallest absolute Gasteiger partial charge is 0.143 e. The fourth-order valence-electron chi connectivity index (χ4n) is 1.98. The number of phenols is 1. The van der Waals surface area contributed by atoms with E-state index < -0.39 is 0 Å². The molecule has 0 fully saturated rings. The van der Waals surface area contributed by atoms with Crippen LogP contribution < -0.4 is 14.8 Å². The van der Waals surface area contributed by atoms with Crippen LogP contribution in [0.1, 0.15) is 11.1 Å². The zero-order valence-corrected chi connectivity index (χ0v) is 11.9. The predicted octanol–water partition coefficient (Wildman–Crippen LogP) is 2.89. The Morgan fingerprint density at radius 2 is 2.00 bits per heavy atom. The van der Waals surface area contributed by atoms with Crippen molar-refractivity contribution in [2.24, 2.45) is 0 Å². The molecule has 0 aromatic heterocycles. The van der Waals surface area contributed by atoms with E-state index in [0.717, 1.165) is 0 Å². The van der Waals surface area contributed by atoms with Crippen molar-refractivity contribution in [2.75, 3.05) is 19.5 Å². The van der Waals surface area contributed by atoms with Gasteiger partial charge < -0.3 is 19.9 Å². The number of para-hydroxylation sites is 1. The maximum absolute atomic E-state index is 9.94. The molecule has 0 unspecified atom stereocenters. The van der Waals surface area contributed by atoms with Crippen molar-refractivity contribution in [3.05, 3.63) is 47.5 Å². The Morgan fingerprint density at radius 3 is 2.62 bits per heavy atom. The Labute approximate surface area is 123 Å². The number of nitriles is 1. The summed E-state index contributed by atoms with van der Waals surface area (Å²) in [4.78, 5) is 0. The van der Waals surface area contributed by atoms with E-state index in [1.165, 1.54) is 0 Å². The fourth-order valence-corrected chi connectivity index (χ4v) is 1.98. The van der Waals surface area contributed by atoms with Crippen LogP contribution in [-0.4, -0.2) is 19.3 Å². The first kappa shape index (κ1) is 14.5. The van der Waals surface area contributed by atoms with Gasteiger partial charge in [-0.15, -0.1) is 0 Å².